The van der Waals surface area contributed by atoms with Crippen molar-refractivity contribution in [2.45, 2.75) is 27.3 Å². The Hall–Kier alpha value is -1.31. The molecule has 14 heavy (non-hydrogen) atoms. The number of carbonyl (C=O) groups is 1. The van der Waals surface area contributed by atoms with Crippen LogP contribution in [0.4, 0.5) is 0 Å². The molecule has 1 heterocycles. The molecule has 0 bridgehead atoms. The molecule has 0 aromatic heterocycles. The van der Waals surface area contributed by atoms with Gasteiger partial charge in [-0.1, -0.05) is 39.0 Å². The van der Waals surface area contributed by atoms with E-state index < -0.39 is 0 Å². The van der Waals surface area contributed by atoms with Gasteiger partial charge in [-0.2, -0.15) is 0 Å². The first-order valence-corrected chi connectivity index (χ1v) is 4.97. The van der Waals surface area contributed by atoms with Crippen molar-refractivity contribution in [3.05, 3.63) is 35.4 Å². The van der Waals surface area contributed by atoms with E-state index in [1.165, 1.54) is 0 Å². The number of carbonyl (C=O) groups excluding carboxylic acids is 1. The lowest BCUT2D eigenvalue weighted by molar-refractivity contribution is 0.0966. The maximum absolute atomic E-state index is 11.0. The van der Waals surface area contributed by atoms with E-state index in [1.807, 2.05) is 24.3 Å². The molecule has 2 heteroatoms. The van der Waals surface area contributed by atoms with Gasteiger partial charge in [0.25, 0.3) is 5.91 Å². The molecule has 0 radical (unpaired) electrons. The Labute approximate surface area is 85.3 Å². The van der Waals surface area contributed by atoms with Crippen LogP contribution in [-0.4, -0.2) is 5.91 Å². The van der Waals surface area contributed by atoms with Crippen LogP contribution in [0.3, 0.4) is 0 Å². The summed E-state index contributed by atoms with van der Waals surface area (Å²) in [5, 5.41) is 2.75. The van der Waals surface area contributed by atoms with Gasteiger partial charge in [0.2, 0.25) is 0 Å². The highest BCUT2D eigenvalue weighted by molar-refractivity contribution is 5.98. The zero-order valence-electron chi connectivity index (χ0n) is 9.00. The average Bonchev–Trinajstić information content (AvgIpc) is 2.48. The molecule has 0 atom stereocenters. The maximum Gasteiger partial charge on any atom is 0.251 e. The lowest BCUT2D eigenvalue weighted by Crippen LogP contribution is -2.12. The van der Waals surface area contributed by atoms with Gasteiger partial charge in [-0.15, -0.1) is 0 Å². The second-order valence-electron chi connectivity index (χ2n) is 4.07. The molecule has 76 valence electrons. The number of hydrogen-bond donors (Lipinski definition) is 1. The number of nitrogens with one attached hydrogen (secondary N) is 1. The van der Waals surface area contributed by atoms with Crippen molar-refractivity contribution in [1.82, 2.24) is 5.32 Å². The van der Waals surface area contributed by atoms with Crippen LogP contribution < -0.4 is 5.32 Å². The number of hydrogen-bond acceptors (Lipinski definition) is 1. The van der Waals surface area contributed by atoms with E-state index in [-0.39, 0.29) is 5.91 Å². The first kappa shape index (κ1) is 10.8. The number of rotatable bonds is 0. The third-order valence-electron chi connectivity index (χ3n) is 1.70. The normalized spacial score (nSPS) is 13.0. The summed E-state index contributed by atoms with van der Waals surface area (Å²) in [7, 11) is 0. The summed E-state index contributed by atoms with van der Waals surface area (Å²) in [5.74, 6) is 0.885. The first-order chi connectivity index (χ1) is 6.61. The highest BCUT2D eigenvalue weighted by atomic mass is 16.1. The molecule has 1 aromatic rings. The minimum Gasteiger partial charge on any atom is -0.348 e. The molecule has 0 spiro atoms. The minimum atomic E-state index is 0.0515. The van der Waals surface area contributed by atoms with Crippen LogP contribution >= 0.6 is 0 Å². The first-order valence-electron chi connectivity index (χ1n) is 4.97. The largest absolute Gasteiger partial charge is 0.348 e. The summed E-state index contributed by atoms with van der Waals surface area (Å²) < 4.78 is 0. The van der Waals surface area contributed by atoms with Gasteiger partial charge in [-0.3, -0.25) is 4.79 Å². The molecule has 1 aliphatic heterocycles. The van der Waals surface area contributed by atoms with Gasteiger partial charge in [0.05, 0.1) is 0 Å². The van der Waals surface area contributed by atoms with E-state index in [4.69, 9.17) is 0 Å². The third-order valence-corrected chi connectivity index (χ3v) is 1.70. The fraction of sp³-hybridized carbons (Fsp3) is 0.417. The summed E-state index contributed by atoms with van der Waals surface area (Å²) in [6, 6.07) is 7.63. The van der Waals surface area contributed by atoms with E-state index in [9.17, 15) is 4.79 Å². The number of fused-ring (bicyclic) bond motifs is 1. The van der Waals surface area contributed by atoms with E-state index in [2.05, 4.69) is 26.1 Å². The van der Waals surface area contributed by atoms with E-state index in [0.717, 1.165) is 17.0 Å². The van der Waals surface area contributed by atoms with Gasteiger partial charge in [0.1, 0.15) is 0 Å². The molecule has 2 rings (SSSR count). The zero-order chi connectivity index (χ0) is 10.6. The molecule has 0 saturated carbocycles. The summed E-state index contributed by atoms with van der Waals surface area (Å²) >= 11 is 0. The fourth-order valence-electron chi connectivity index (χ4n) is 1.17. The second kappa shape index (κ2) is 4.80. The summed E-state index contributed by atoms with van der Waals surface area (Å²) in [4.78, 5) is 11.0. The SMILES string of the molecule is CC(C)C.O=C1NCc2ccccc21. The van der Waals surface area contributed by atoms with Crippen molar-refractivity contribution >= 4 is 5.91 Å². The molecule has 2 nitrogen and oxygen atoms in total. The Morgan fingerprint density at radius 3 is 2.36 bits per heavy atom. The highest BCUT2D eigenvalue weighted by Crippen LogP contribution is 2.13. The van der Waals surface area contributed by atoms with Gasteiger partial charge >= 0.3 is 0 Å². The lowest BCUT2D eigenvalue weighted by Gasteiger charge is -1.89. The third kappa shape index (κ3) is 2.87. The van der Waals surface area contributed by atoms with E-state index in [0.29, 0.717) is 6.54 Å². The predicted octanol–water partition coefficient (Wildman–Crippen LogP) is 2.59. The van der Waals surface area contributed by atoms with Crippen LogP contribution in [-0.2, 0) is 6.54 Å². The molecular formula is C12H17NO. The van der Waals surface area contributed by atoms with Crippen LogP contribution in [0, 0.1) is 5.92 Å². The second-order valence-corrected chi connectivity index (χ2v) is 4.07. The monoisotopic (exact) mass is 191 g/mol. The van der Waals surface area contributed by atoms with E-state index >= 15 is 0 Å². The van der Waals surface area contributed by atoms with Crippen LogP contribution in [0.25, 0.3) is 0 Å². The van der Waals surface area contributed by atoms with Crippen molar-refractivity contribution in [3.63, 3.8) is 0 Å². The molecule has 0 fully saturated rings. The molecule has 0 unspecified atom stereocenters. The summed E-state index contributed by atoms with van der Waals surface area (Å²) in [6.07, 6.45) is 0. The highest BCUT2D eigenvalue weighted by Gasteiger charge is 2.16. The van der Waals surface area contributed by atoms with Crippen LogP contribution in [0.15, 0.2) is 24.3 Å². The molecule has 1 aromatic carbocycles. The molecule has 1 aliphatic rings. The standard InChI is InChI=1S/C8H7NO.C4H10/c10-8-7-4-2-1-3-6(7)5-9-8;1-4(2)3/h1-4H,5H2,(H,9,10);4H,1-3H3. The van der Waals surface area contributed by atoms with Gasteiger partial charge in [-0.05, 0) is 17.5 Å². The van der Waals surface area contributed by atoms with Crippen molar-refractivity contribution in [2.75, 3.05) is 0 Å². The maximum atomic E-state index is 11.0. The lowest BCUT2D eigenvalue weighted by atomic mass is 10.1. The Morgan fingerprint density at radius 2 is 1.79 bits per heavy atom. The minimum absolute atomic E-state index is 0.0515. The molecule has 0 aliphatic carbocycles. The number of amides is 1. The predicted molar refractivity (Wildman–Crippen MR) is 58.1 cm³/mol. The van der Waals surface area contributed by atoms with Crippen molar-refractivity contribution in [1.29, 1.82) is 0 Å². The Balaban J connectivity index is 0.000000213. The van der Waals surface area contributed by atoms with Crippen molar-refractivity contribution < 1.29 is 4.79 Å². The number of benzene rings is 1. The van der Waals surface area contributed by atoms with Gasteiger partial charge in [0, 0.05) is 12.1 Å². The van der Waals surface area contributed by atoms with Crippen LogP contribution in [0.2, 0.25) is 0 Å². The van der Waals surface area contributed by atoms with Gasteiger partial charge in [0.15, 0.2) is 0 Å². The van der Waals surface area contributed by atoms with Crippen LogP contribution in [0.5, 0.6) is 0 Å². The molecule has 1 N–H and O–H groups in total. The quantitative estimate of drug-likeness (QED) is 0.671. The smallest absolute Gasteiger partial charge is 0.251 e. The van der Waals surface area contributed by atoms with Crippen molar-refractivity contribution in [2.24, 2.45) is 5.92 Å². The molecule has 0 saturated heterocycles. The molecular weight excluding hydrogens is 174 g/mol. The Kier molecular flexibility index (Phi) is 3.69. The van der Waals surface area contributed by atoms with E-state index in [1.54, 1.807) is 0 Å². The zero-order valence-corrected chi connectivity index (χ0v) is 9.00. The Bertz CT molecular complexity index is 315. The van der Waals surface area contributed by atoms with Gasteiger partial charge in [-0.25, -0.2) is 0 Å². The van der Waals surface area contributed by atoms with Gasteiger partial charge < -0.3 is 5.32 Å². The topological polar surface area (TPSA) is 29.1 Å². The fourth-order valence-corrected chi connectivity index (χ4v) is 1.17. The van der Waals surface area contributed by atoms with Crippen molar-refractivity contribution in [3.8, 4) is 0 Å². The average molecular weight is 191 g/mol. The molecule has 1 amide bonds. The van der Waals surface area contributed by atoms with Crippen LogP contribution in [0.1, 0.15) is 36.7 Å². The summed E-state index contributed by atoms with van der Waals surface area (Å²) in [6.45, 7) is 7.19. The summed E-state index contributed by atoms with van der Waals surface area (Å²) in [5.41, 5.74) is 1.93. The Morgan fingerprint density at radius 1 is 1.21 bits per heavy atom.